The Morgan fingerprint density at radius 2 is 2.25 bits per heavy atom. The molecule has 106 valence electrons. The minimum Gasteiger partial charge on any atom is -0.481 e. The van der Waals surface area contributed by atoms with Gasteiger partial charge in [0.05, 0.1) is 17.7 Å². The number of hydrogen-bond donors (Lipinski definition) is 1. The van der Waals surface area contributed by atoms with E-state index >= 15 is 0 Å². The first-order valence-corrected chi connectivity index (χ1v) is 7.25. The van der Waals surface area contributed by atoms with Gasteiger partial charge in [-0.2, -0.15) is 0 Å². The molecule has 2 aromatic rings. The zero-order valence-corrected chi connectivity index (χ0v) is 11.8. The van der Waals surface area contributed by atoms with Gasteiger partial charge in [-0.15, -0.1) is 10.2 Å². The van der Waals surface area contributed by atoms with E-state index in [0.29, 0.717) is 25.2 Å². The predicted octanol–water partition coefficient (Wildman–Crippen LogP) is 1.01. The van der Waals surface area contributed by atoms with Crippen LogP contribution in [0.25, 0.3) is 10.7 Å². The lowest BCUT2D eigenvalue weighted by Crippen LogP contribution is -2.22. The van der Waals surface area contributed by atoms with Crippen LogP contribution in [0.15, 0.2) is 0 Å². The smallest absolute Gasteiger partial charge is 0.311 e. The molecule has 0 radical (unpaired) electrons. The topological polar surface area (TPSA) is 107 Å². The number of aromatic nitrogens is 6. The van der Waals surface area contributed by atoms with E-state index < -0.39 is 11.4 Å². The molecule has 0 aliphatic heterocycles. The number of aryl methyl sites for hydroxylation is 1. The zero-order chi connectivity index (χ0) is 14.2. The van der Waals surface area contributed by atoms with Crippen LogP contribution < -0.4 is 0 Å². The van der Waals surface area contributed by atoms with Gasteiger partial charge in [-0.1, -0.05) is 17.8 Å². The summed E-state index contributed by atoms with van der Waals surface area (Å²) in [4.78, 5) is 12.1. The zero-order valence-electron chi connectivity index (χ0n) is 11.0. The van der Waals surface area contributed by atoms with Gasteiger partial charge in [0.1, 0.15) is 4.88 Å². The number of aliphatic carboxylic acids is 1. The Bertz CT molecular complexity index is 632. The third-order valence-corrected chi connectivity index (χ3v) is 4.30. The van der Waals surface area contributed by atoms with Crippen LogP contribution in [0.3, 0.4) is 0 Å². The molecule has 1 aliphatic carbocycles. The molecule has 1 fully saturated rings. The summed E-state index contributed by atoms with van der Waals surface area (Å²) in [6.45, 7) is 2.36. The van der Waals surface area contributed by atoms with Crippen molar-refractivity contribution in [2.24, 2.45) is 5.41 Å². The Labute approximate surface area is 119 Å². The molecule has 0 atom stereocenters. The maximum Gasteiger partial charge on any atom is 0.311 e. The lowest BCUT2D eigenvalue weighted by molar-refractivity contribution is -0.144. The van der Waals surface area contributed by atoms with Crippen LogP contribution in [-0.2, 0) is 17.8 Å². The first kappa shape index (κ1) is 13.1. The molecule has 2 aromatic heterocycles. The van der Waals surface area contributed by atoms with Gasteiger partial charge in [-0.25, -0.2) is 4.68 Å². The molecule has 1 saturated carbocycles. The van der Waals surface area contributed by atoms with Gasteiger partial charge in [0.15, 0.2) is 5.82 Å². The molecule has 0 saturated heterocycles. The molecule has 0 bridgehead atoms. The van der Waals surface area contributed by atoms with Crippen LogP contribution in [0, 0.1) is 5.41 Å². The van der Waals surface area contributed by atoms with E-state index in [1.807, 2.05) is 0 Å². The largest absolute Gasteiger partial charge is 0.481 e. The lowest BCUT2D eigenvalue weighted by atomic mass is 10.1. The van der Waals surface area contributed by atoms with Crippen LogP contribution in [0.4, 0.5) is 0 Å². The highest BCUT2D eigenvalue weighted by molar-refractivity contribution is 7.09. The lowest BCUT2D eigenvalue weighted by Gasteiger charge is -2.10. The SMILES string of the molecule is CCCc1nnsc1-c1nnnn1CC1(C(=O)O)CC1. The number of tetrazole rings is 1. The van der Waals surface area contributed by atoms with Crippen LogP contribution in [0.2, 0.25) is 0 Å². The molecule has 0 spiro atoms. The standard InChI is InChI=1S/C11H14N6O2S/c1-2-3-7-8(20-16-12-7)9-13-14-15-17(9)6-11(4-5-11)10(18)19/h2-6H2,1H3,(H,18,19). The highest BCUT2D eigenvalue weighted by Gasteiger charge is 2.51. The highest BCUT2D eigenvalue weighted by atomic mass is 32.1. The summed E-state index contributed by atoms with van der Waals surface area (Å²) < 4.78 is 5.52. The second-order valence-electron chi connectivity index (χ2n) is 5.04. The summed E-state index contributed by atoms with van der Waals surface area (Å²) in [6, 6.07) is 0. The molecule has 20 heavy (non-hydrogen) atoms. The van der Waals surface area contributed by atoms with E-state index in [4.69, 9.17) is 0 Å². The average Bonchev–Trinajstić information content (AvgIpc) is 2.83. The number of carboxylic acids is 1. The highest BCUT2D eigenvalue weighted by Crippen LogP contribution is 2.47. The monoisotopic (exact) mass is 294 g/mol. The maximum absolute atomic E-state index is 11.3. The van der Waals surface area contributed by atoms with Crippen molar-refractivity contribution in [1.82, 2.24) is 29.8 Å². The maximum atomic E-state index is 11.3. The molecular weight excluding hydrogens is 280 g/mol. The molecule has 1 N–H and O–H groups in total. The molecule has 0 unspecified atom stereocenters. The van der Waals surface area contributed by atoms with E-state index in [2.05, 4.69) is 32.0 Å². The van der Waals surface area contributed by atoms with Gasteiger partial charge in [-0.3, -0.25) is 4.79 Å². The van der Waals surface area contributed by atoms with E-state index in [0.717, 1.165) is 23.4 Å². The Hall–Kier alpha value is -1.90. The molecule has 0 amide bonds. The Morgan fingerprint density at radius 1 is 1.45 bits per heavy atom. The number of carbonyl (C=O) groups is 1. The molecular formula is C11H14N6O2S. The van der Waals surface area contributed by atoms with Crippen molar-refractivity contribution < 1.29 is 9.90 Å². The van der Waals surface area contributed by atoms with Gasteiger partial charge in [0, 0.05) is 0 Å². The normalized spacial score (nSPS) is 16.2. The van der Waals surface area contributed by atoms with Crippen LogP contribution in [0.5, 0.6) is 0 Å². The second kappa shape index (κ2) is 4.89. The molecule has 0 aromatic carbocycles. The van der Waals surface area contributed by atoms with Gasteiger partial charge in [0.25, 0.3) is 0 Å². The minimum atomic E-state index is -0.782. The van der Waals surface area contributed by atoms with Crippen LogP contribution in [0.1, 0.15) is 31.9 Å². The fraction of sp³-hybridized carbons (Fsp3) is 0.636. The van der Waals surface area contributed by atoms with Crippen molar-refractivity contribution in [3.63, 3.8) is 0 Å². The fourth-order valence-electron chi connectivity index (χ4n) is 2.13. The van der Waals surface area contributed by atoms with E-state index in [1.54, 1.807) is 4.68 Å². The van der Waals surface area contributed by atoms with Crippen molar-refractivity contribution in [2.75, 3.05) is 0 Å². The van der Waals surface area contributed by atoms with E-state index in [1.165, 1.54) is 11.5 Å². The average molecular weight is 294 g/mol. The molecule has 2 heterocycles. The Kier molecular flexibility index (Phi) is 3.20. The first-order chi connectivity index (χ1) is 9.66. The minimum absolute atomic E-state index is 0.300. The summed E-state index contributed by atoms with van der Waals surface area (Å²) in [5.74, 6) is -0.217. The predicted molar refractivity (Wildman–Crippen MR) is 70.0 cm³/mol. The summed E-state index contributed by atoms with van der Waals surface area (Å²) in [5.41, 5.74) is 0.168. The van der Waals surface area contributed by atoms with Gasteiger partial charge in [0.2, 0.25) is 0 Å². The molecule has 8 nitrogen and oxygen atoms in total. The number of carboxylic acid groups (broad SMARTS) is 1. The van der Waals surface area contributed by atoms with Crippen LogP contribution >= 0.6 is 11.5 Å². The van der Waals surface area contributed by atoms with Crippen molar-refractivity contribution in [3.05, 3.63) is 5.69 Å². The molecule has 3 rings (SSSR count). The third-order valence-electron chi connectivity index (χ3n) is 3.54. The number of hydrogen-bond acceptors (Lipinski definition) is 7. The third kappa shape index (κ3) is 2.17. The first-order valence-electron chi connectivity index (χ1n) is 6.47. The second-order valence-corrected chi connectivity index (χ2v) is 5.80. The van der Waals surface area contributed by atoms with Crippen LogP contribution in [-0.4, -0.2) is 40.9 Å². The fourth-order valence-corrected chi connectivity index (χ4v) is 2.83. The quantitative estimate of drug-likeness (QED) is 0.847. The van der Waals surface area contributed by atoms with E-state index in [9.17, 15) is 9.90 Å². The van der Waals surface area contributed by atoms with Crippen molar-refractivity contribution in [1.29, 1.82) is 0 Å². The summed E-state index contributed by atoms with van der Waals surface area (Å²) in [7, 11) is 0. The Balaban J connectivity index is 1.90. The van der Waals surface area contributed by atoms with Gasteiger partial charge >= 0.3 is 5.97 Å². The van der Waals surface area contributed by atoms with E-state index in [-0.39, 0.29) is 0 Å². The van der Waals surface area contributed by atoms with Crippen molar-refractivity contribution >= 4 is 17.5 Å². The number of rotatable bonds is 6. The summed E-state index contributed by atoms with van der Waals surface area (Å²) >= 11 is 1.24. The van der Waals surface area contributed by atoms with Gasteiger partial charge < -0.3 is 5.11 Å². The summed E-state index contributed by atoms with van der Waals surface area (Å²) in [5, 5.41) is 25.0. The van der Waals surface area contributed by atoms with Gasteiger partial charge in [-0.05, 0) is 41.2 Å². The van der Waals surface area contributed by atoms with Crippen molar-refractivity contribution in [3.8, 4) is 10.7 Å². The van der Waals surface area contributed by atoms with Crippen molar-refractivity contribution in [2.45, 2.75) is 39.2 Å². The number of nitrogens with zero attached hydrogens (tertiary/aromatic N) is 6. The summed E-state index contributed by atoms with van der Waals surface area (Å²) in [6.07, 6.45) is 3.11. The molecule has 9 heteroatoms. The Morgan fingerprint density at radius 3 is 2.90 bits per heavy atom. The molecule has 1 aliphatic rings.